The molecule has 0 saturated heterocycles. The fraction of sp³-hybridized carbons (Fsp3) is 0. The lowest BCUT2D eigenvalue weighted by molar-refractivity contribution is 0.669. The van der Waals surface area contributed by atoms with Gasteiger partial charge in [0.1, 0.15) is 11.2 Å². The molecule has 1 heterocycles. The highest BCUT2D eigenvalue weighted by atomic mass is 79.9. The van der Waals surface area contributed by atoms with E-state index in [-0.39, 0.29) is 0 Å². The van der Waals surface area contributed by atoms with E-state index in [9.17, 15) is 0 Å². The minimum absolute atomic E-state index is 0.905. The van der Waals surface area contributed by atoms with Crippen LogP contribution in [0.5, 0.6) is 0 Å². The Bertz CT molecular complexity index is 1240. The van der Waals surface area contributed by atoms with Crippen LogP contribution in [0.3, 0.4) is 0 Å². The van der Waals surface area contributed by atoms with Gasteiger partial charge in [-0.05, 0) is 54.6 Å². The zero-order valence-corrected chi connectivity index (χ0v) is 16.1. The van der Waals surface area contributed by atoms with Crippen LogP contribution in [-0.4, -0.2) is 0 Å². The number of para-hydroxylation sites is 2. The lowest BCUT2D eigenvalue weighted by atomic mass is 10.1. The van der Waals surface area contributed by atoms with Crippen molar-refractivity contribution in [3.8, 4) is 0 Å². The van der Waals surface area contributed by atoms with Crippen molar-refractivity contribution in [2.75, 3.05) is 4.90 Å². The molecule has 0 bridgehead atoms. The molecule has 0 radical (unpaired) electrons. The van der Waals surface area contributed by atoms with Crippen LogP contribution < -0.4 is 4.90 Å². The molecule has 2 nitrogen and oxygen atoms in total. The number of benzene rings is 4. The molecule has 0 amide bonds. The van der Waals surface area contributed by atoms with Gasteiger partial charge >= 0.3 is 0 Å². The maximum atomic E-state index is 5.99. The highest BCUT2D eigenvalue weighted by Gasteiger charge is 2.15. The molecule has 0 aliphatic heterocycles. The summed E-state index contributed by atoms with van der Waals surface area (Å²) in [6, 6.07) is 33.3. The maximum Gasteiger partial charge on any atom is 0.135 e. The molecular formula is C24H16BrNO. The van der Waals surface area contributed by atoms with Gasteiger partial charge in [0.05, 0.1) is 0 Å². The molecule has 1 aromatic heterocycles. The Kier molecular flexibility index (Phi) is 3.95. The van der Waals surface area contributed by atoms with Crippen LogP contribution in [0.4, 0.5) is 17.1 Å². The first-order valence-corrected chi connectivity index (χ1v) is 9.61. The second kappa shape index (κ2) is 6.60. The lowest BCUT2D eigenvalue weighted by Gasteiger charge is -2.25. The summed E-state index contributed by atoms with van der Waals surface area (Å²) in [7, 11) is 0. The summed E-state index contributed by atoms with van der Waals surface area (Å²) in [5.74, 6) is 0. The van der Waals surface area contributed by atoms with E-state index in [0.717, 1.165) is 43.5 Å². The summed E-state index contributed by atoms with van der Waals surface area (Å²) >= 11 is 3.60. The van der Waals surface area contributed by atoms with Gasteiger partial charge in [-0.2, -0.15) is 0 Å². The Morgan fingerprint density at radius 1 is 0.556 bits per heavy atom. The van der Waals surface area contributed by atoms with E-state index >= 15 is 0 Å². The van der Waals surface area contributed by atoms with E-state index in [1.807, 2.05) is 30.3 Å². The predicted octanol–water partition coefficient (Wildman–Crippen LogP) is 7.82. The second-order valence-electron chi connectivity index (χ2n) is 6.43. The molecule has 4 aromatic carbocycles. The molecule has 0 aliphatic carbocycles. The largest absolute Gasteiger partial charge is 0.456 e. The summed E-state index contributed by atoms with van der Waals surface area (Å²) in [4.78, 5) is 2.26. The molecule has 3 heteroatoms. The van der Waals surface area contributed by atoms with Crippen molar-refractivity contribution < 1.29 is 4.42 Å². The average molecular weight is 414 g/mol. The Labute approximate surface area is 165 Å². The number of halogens is 1. The van der Waals surface area contributed by atoms with Crippen molar-refractivity contribution >= 4 is 54.9 Å². The number of fused-ring (bicyclic) bond motifs is 3. The number of furan rings is 1. The van der Waals surface area contributed by atoms with Crippen LogP contribution in [0.2, 0.25) is 0 Å². The van der Waals surface area contributed by atoms with Gasteiger partial charge < -0.3 is 9.32 Å². The van der Waals surface area contributed by atoms with Gasteiger partial charge in [0.15, 0.2) is 0 Å². The number of hydrogen-bond donors (Lipinski definition) is 0. The Morgan fingerprint density at radius 3 is 2.11 bits per heavy atom. The molecule has 0 atom stereocenters. The summed E-state index contributed by atoms with van der Waals surface area (Å²) < 4.78 is 7.04. The molecule has 5 rings (SSSR count). The zero-order valence-electron chi connectivity index (χ0n) is 14.5. The summed E-state index contributed by atoms with van der Waals surface area (Å²) in [6.45, 7) is 0. The molecule has 0 N–H and O–H groups in total. The van der Waals surface area contributed by atoms with Gasteiger partial charge in [-0.1, -0.05) is 58.4 Å². The quantitative estimate of drug-likeness (QED) is 0.299. The van der Waals surface area contributed by atoms with E-state index in [4.69, 9.17) is 4.42 Å². The molecule has 0 unspecified atom stereocenters. The molecule has 130 valence electrons. The third-order valence-corrected chi connectivity index (χ3v) is 5.19. The highest BCUT2D eigenvalue weighted by molar-refractivity contribution is 9.10. The Hall–Kier alpha value is -3.04. The monoisotopic (exact) mass is 413 g/mol. The fourth-order valence-corrected chi connectivity index (χ4v) is 3.88. The third-order valence-electron chi connectivity index (χ3n) is 4.70. The van der Waals surface area contributed by atoms with Crippen LogP contribution in [-0.2, 0) is 0 Å². The molecule has 5 aromatic rings. The SMILES string of the molecule is Brc1cccc(N(c2ccccc2)c2ccc3oc4ccccc4c3c2)c1. The smallest absolute Gasteiger partial charge is 0.135 e. The number of anilines is 3. The molecule has 27 heavy (non-hydrogen) atoms. The standard InChI is InChI=1S/C24H16BrNO/c25-17-7-6-10-19(15-17)26(18-8-2-1-3-9-18)20-13-14-24-22(16-20)21-11-4-5-12-23(21)27-24/h1-16H. The van der Waals surface area contributed by atoms with E-state index in [1.54, 1.807) is 0 Å². The van der Waals surface area contributed by atoms with E-state index in [2.05, 4.69) is 87.6 Å². The Balaban J connectivity index is 1.75. The first kappa shape index (κ1) is 16.2. The van der Waals surface area contributed by atoms with Crippen LogP contribution in [0, 0.1) is 0 Å². The molecule has 0 aliphatic rings. The maximum absolute atomic E-state index is 5.99. The Morgan fingerprint density at radius 2 is 1.26 bits per heavy atom. The van der Waals surface area contributed by atoms with Gasteiger partial charge in [-0.25, -0.2) is 0 Å². The second-order valence-corrected chi connectivity index (χ2v) is 7.35. The van der Waals surface area contributed by atoms with Gasteiger partial charge in [0.25, 0.3) is 0 Å². The van der Waals surface area contributed by atoms with E-state index in [0.29, 0.717) is 0 Å². The minimum atomic E-state index is 0.905. The van der Waals surface area contributed by atoms with Crippen molar-refractivity contribution in [1.29, 1.82) is 0 Å². The summed E-state index contributed by atoms with van der Waals surface area (Å²) in [5, 5.41) is 2.26. The normalized spacial score (nSPS) is 11.1. The fourth-order valence-electron chi connectivity index (χ4n) is 3.49. The van der Waals surface area contributed by atoms with Gasteiger partial charge in [0.2, 0.25) is 0 Å². The highest BCUT2D eigenvalue weighted by Crippen LogP contribution is 2.38. The molecule has 0 fully saturated rings. The molecule has 0 spiro atoms. The number of hydrogen-bond acceptors (Lipinski definition) is 2. The van der Waals surface area contributed by atoms with E-state index in [1.165, 1.54) is 0 Å². The van der Waals surface area contributed by atoms with Crippen molar-refractivity contribution in [1.82, 2.24) is 0 Å². The molecule has 0 saturated carbocycles. The van der Waals surface area contributed by atoms with Crippen molar-refractivity contribution in [3.05, 3.63) is 102 Å². The first-order valence-electron chi connectivity index (χ1n) is 8.82. The van der Waals surface area contributed by atoms with Gasteiger partial charge in [-0.3, -0.25) is 0 Å². The van der Waals surface area contributed by atoms with Crippen LogP contribution in [0.1, 0.15) is 0 Å². The van der Waals surface area contributed by atoms with Crippen LogP contribution >= 0.6 is 15.9 Å². The third kappa shape index (κ3) is 2.90. The topological polar surface area (TPSA) is 16.4 Å². The van der Waals surface area contributed by atoms with Crippen LogP contribution in [0.15, 0.2) is 106 Å². The van der Waals surface area contributed by atoms with Gasteiger partial charge in [0, 0.05) is 32.3 Å². The average Bonchev–Trinajstić information content (AvgIpc) is 3.07. The van der Waals surface area contributed by atoms with Crippen molar-refractivity contribution in [3.63, 3.8) is 0 Å². The molecular weight excluding hydrogens is 398 g/mol. The van der Waals surface area contributed by atoms with Gasteiger partial charge in [-0.15, -0.1) is 0 Å². The summed E-state index contributed by atoms with van der Waals surface area (Å²) in [5.41, 5.74) is 5.13. The predicted molar refractivity (Wildman–Crippen MR) is 116 cm³/mol. The number of rotatable bonds is 3. The van der Waals surface area contributed by atoms with E-state index < -0.39 is 0 Å². The van der Waals surface area contributed by atoms with Crippen molar-refractivity contribution in [2.24, 2.45) is 0 Å². The minimum Gasteiger partial charge on any atom is -0.456 e. The zero-order chi connectivity index (χ0) is 18.2. The van der Waals surface area contributed by atoms with Crippen LogP contribution in [0.25, 0.3) is 21.9 Å². The first-order chi connectivity index (χ1) is 13.3. The summed E-state index contributed by atoms with van der Waals surface area (Å²) in [6.07, 6.45) is 0. The number of nitrogens with zero attached hydrogens (tertiary/aromatic N) is 1. The lowest BCUT2D eigenvalue weighted by Crippen LogP contribution is -2.09. The van der Waals surface area contributed by atoms with Crippen molar-refractivity contribution in [2.45, 2.75) is 0 Å².